The number of pyridine rings is 1. The van der Waals surface area contributed by atoms with E-state index in [0.717, 1.165) is 12.1 Å². The van der Waals surface area contributed by atoms with Crippen LogP contribution >= 0.6 is 0 Å². The first-order valence-electron chi connectivity index (χ1n) is 7.42. The van der Waals surface area contributed by atoms with Crippen LogP contribution in [0.15, 0.2) is 18.3 Å². The highest BCUT2D eigenvalue weighted by Gasteiger charge is 2.05. The van der Waals surface area contributed by atoms with Crippen molar-refractivity contribution in [1.29, 1.82) is 0 Å². The van der Waals surface area contributed by atoms with Gasteiger partial charge in [0, 0.05) is 17.9 Å². The smallest absolute Gasteiger partial charge is 0.0372 e. The first kappa shape index (κ1) is 15.2. The van der Waals surface area contributed by atoms with Crippen LogP contribution in [0.5, 0.6) is 0 Å². The van der Waals surface area contributed by atoms with E-state index in [1.807, 2.05) is 19.2 Å². The summed E-state index contributed by atoms with van der Waals surface area (Å²) in [5.74, 6) is 0. The number of rotatable bonds is 9. The molecule has 2 N–H and O–H groups in total. The Balaban J connectivity index is 2.10. The molecule has 0 aliphatic rings. The second kappa shape index (κ2) is 9.09. The second-order valence-corrected chi connectivity index (χ2v) is 5.25. The molecule has 102 valence electrons. The van der Waals surface area contributed by atoms with Gasteiger partial charge in [-0.3, -0.25) is 4.98 Å². The largest absolute Gasteiger partial charge is 0.324 e. The van der Waals surface area contributed by atoms with Crippen molar-refractivity contribution in [3.05, 3.63) is 29.6 Å². The number of hydrogen-bond acceptors (Lipinski definition) is 2. The highest BCUT2D eigenvalue weighted by molar-refractivity contribution is 5.16. The molecule has 18 heavy (non-hydrogen) atoms. The Kier molecular flexibility index (Phi) is 7.66. The van der Waals surface area contributed by atoms with Gasteiger partial charge in [0.2, 0.25) is 0 Å². The monoisotopic (exact) mass is 248 g/mol. The van der Waals surface area contributed by atoms with Crippen LogP contribution in [0.2, 0.25) is 0 Å². The van der Waals surface area contributed by atoms with E-state index in [2.05, 4.69) is 18.0 Å². The van der Waals surface area contributed by atoms with Crippen molar-refractivity contribution < 1.29 is 0 Å². The molecular weight excluding hydrogens is 220 g/mol. The normalized spacial score (nSPS) is 12.6. The molecule has 0 aromatic carbocycles. The molecule has 0 aliphatic carbocycles. The zero-order valence-electron chi connectivity index (χ0n) is 12.0. The van der Waals surface area contributed by atoms with Crippen LogP contribution in [0.1, 0.15) is 75.6 Å². The Labute approximate surface area is 112 Å². The van der Waals surface area contributed by atoms with Crippen LogP contribution in [0.25, 0.3) is 0 Å². The lowest BCUT2D eigenvalue weighted by Gasteiger charge is -2.11. The van der Waals surface area contributed by atoms with E-state index in [1.54, 1.807) is 0 Å². The van der Waals surface area contributed by atoms with Gasteiger partial charge in [-0.15, -0.1) is 0 Å². The summed E-state index contributed by atoms with van der Waals surface area (Å²) >= 11 is 0. The van der Waals surface area contributed by atoms with Crippen molar-refractivity contribution in [3.8, 4) is 0 Å². The van der Waals surface area contributed by atoms with E-state index in [4.69, 9.17) is 5.73 Å². The Morgan fingerprint density at radius 1 is 1.06 bits per heavy atom. The lowest BCUT2D eigenvalue weighted by Crippen LogP contribution is -2.10. The third-order valence-corrected chi connectivity index (χ3v) is 3.48. The fourth-order valence-corrected chi connectivity index (χ4v) is 2.19. The summed E-state index contributed by atoms with van der Waals surface area (Å²) < 4.78 is 0. The fourth-order valence-electron chi connectivity index (χ4n) is 2.19. The van der Waals surface area contributed by atoms with E-state index in [1.165, 1.54) is 50.5 Å². The number of unbranched alkanes of at least 4 members (excludes halogenated alkanes) is 6. The first-order valence-corrected chi connectivity index (χ1v) is 7.42. The summed E-state index contributed by atoms with van der Waals surface area (Å²) in [6.45, 7) is 4.26. The number of nitrogens with two attached hydrogens (primary N) is 1. The number of aromatic nitrogens is 1. The number of nitrogens with zero attached hydrogens (tertiary/aromatic N) is 1. The standard InChI is InChI=1S/C16H28N2/c1-3-4-5-6-7-8-9-10-16(17)15-12-11-14(2)18-13-15/h11-13,16H,3-10,17H2,1-2H3. The van der Waals surface area contributed by atoms with Gasteiger partial charge in [-0.25, -0.2) is 0 Å². The van der Waals surface area contributed by atoms with Gasteiger partial charge in [-0.05, 0) is 25.0 Å². The highest BCUT2D eigenvalue weighted by atomic mass is 14.7. The zero-order chi connectivity index (χ0) is 13.2. The van der Waals surface area contributed by atoms with Gasteiger partial charge in [0.15, 0.2) is 0 Å². The van der Waals surface area contributed by atoms with Crippen LogP contribution in [-0.2, 0) is 0 Å². The molecule has 0 amide bonds. The zero-order valence-corrected chi connectivity index (χ0v) is 12.0. The molecule has 2 nitrogen and oxygen atoms in total. The maximum atomic E-state index is 6.17. The molecule has 2 heteroatoms. The maximum Gasteiger partial charge on any atom is 0.0372 e. The molecule has 1 aromatic heterocycles. The molecule has 1 rings (SSSR count). The van der Waals surface area contributed by atoms with Crippen molar-refractivity contribution in [3.63, 3.8) is 0 Å². The molecule has 1 atom stereocenters. The minimum atomic E-state index is 0.161. The van der Waals surface area contributed by atoms with Gasteiger partial charge >= 0.3 is 0 Å². The highest BCUT2D eigenvalue weighted by Crippen LogP contribution is 2.17. The van der Waals surface area contributed by atoms with Crippen molar-refractivity contribution in [1.82, 2.24) is 4.98 Å². The number of hydrogen-bond donors (Lipinski definition) is 1. The summed E-state index contributed by atoms with van der Waals surface area (Å²) in [4.78, 5) is 4.30. The van der Waals surface area contributed by atoms with E-state index in [0.29, 0.717) is 0 Å². The van der Waals surface area contributed by atoms with Crippen LogP contribution in [-0.4, -0.2) is 4.98 Å². The van der Waals surface area contributed by atoms with E-state index in [-0.39, 0.29) is 6.04 Å². The van der Waals surface area contributed by atoms with Gasteiger partial charge in [0.05, 0.1) is 0 Å². The average molecular weight is 248 g/mol. The summed E-state index contributed by atoms with van der Waals surface area (Å²) in [7, 11) is 0. The summed E-state index contributed by atoms with van der Waals surface area (Å²) in [5.41, 5.74) is 8.40. The fraction of sp³-hybridized carbons (Fsp3) is 0.688. The van der Waals surface area contributed by atoms with Crippen molar-refractivity contribution in [2.24, 2.45) is 5.73 Å². The molecule has 0 aliphatic heterocycles. The Bertz CT molecular complexity index is 305. The lowest BCUT2D eigenvalue weighted by atomic mass is 10.0. The molecular formula is C16H28N2. The lowest BCUT2D eigenvalue weighted by molar-refractivity contribution is 0.540. The van der Waals surface area contributed by atoms with E-state index in [9.17, 15) is 0 Å². The Morgan fingerprint density at radius 2 is 1.72 bits per heavy atom. The molecule has 0 saturated carbocycles. The minimum Gasteiger partial charge on any atom is -0.324 e. The Morgan fingerprint density at radius 3 is 2.33 bits per heavy atom. The minimum absolute atomic E-state index is 0.161. The van der Waals surface area contributed by atoms with Gasteiger partial charge in [-0.1, -0.05) is 57.9 Å². The molecule has 0 saturated heterocycles. The number of aryl methyl sites for hydroxylation is 1. The van der Waals surface area contributed by atoms with Gasteiger partial charge in [-0.2, -0.15) is 0 Å². The average Bonchev–Trinajstić information content (AvgIpc) is 2.38. The van der Waals surface area contributed by atoms with Crippen LogP contribution in [0, 0.1) is 6.92 Å². The van der Waals surface area contributed by atoms with Gasteiger partial charge in [0.1, 0.15) is 0 Å². The van der Waals surface area contributed by atoms with Crippen LogP contribution in [0.4, 0.5) is 0 Å². The Hall–Kier alpha value is -0.890. The molecule has 1 unspecified atom stereocenters. The van der Waals surface area contributed by atoms with Gasteiger partial charge < -0.3 is 5.73 Å². The molecule has 1 heterocycles. The predicted octanol–water partition coefficient (Wildman–Crippen LogP) is 4.53. The van der Waals surface area contributed by atoms with Gasteiger partial charge in [0.25, 0.3) is 0 Å². The molecule has 0 fully saturated rings. The summed E-state index contributed by atoms with van der Waals surface area (Å²) in [6, 6.07) is 4.31. The van der Waals surface area contributed by atoms with Crippen LogP contribution < -0.4 is 5.73 Å². The maximum absolute atomic E-state index is 6.17. The topological polar surface area (TPSA) is 38.9 Å². The van der Waals surface area contributed by atoms with E-state index >= 15 is 0 Å². The van der Waals surface area contributed by atoms with Crippen molar-refractivity contribution >= 4 is 0 Å². The molecule has 1 aromatic rings. The quantitative estimate of drug-likeness (QED) is 0.652. The van der Waals surface area contributed by atoms with Crippen molar-refractivity contribution in [2.45, 2.75) is 71.3 Å². The predicted molar refractivity (Wildman–Crippen MR) is 78.5 cm³/mol. The molecule has 0 radical (unpaired) electrons. The second-order valence-electron chi connectivity index (χ2n) is 5.25. The third kappa shape index (κ3) is 6.15. The summed E-state index contributed by atoms with van der Waals surface area (Å²) in [5, 5.41) is 0. The molecule has 0 spiro atoms. The SMILES string of the molecule is CCCCCCCCCC(N)c1ccc(C)nc1. The van der Waals surface area contributed by atoms with Crippen molar-refractivity contribution in [2.75, 3.05) is 0 Å². The third-order valence-electron chi connectivity index (χ3n) is 3.48. The van der Waals surface area contributed by atoms with E-state index < -0.39 is 0 Å². The first-order chi connectivity index (χ1) is 8.74. The van der Waals surface area contributed by atoms with Crippen LogP contribution in [0.3, 0.4) is 0 Å². The molecule has 0 bridgehead atoms. The summed E-state index contributed by atoms with van der Waals surface area (Å²) in [6.07, 6.45) is 12.4.